The fourth-order valence-corrected chi connectivity index (χ4v) is 0.319. The van der Waals surface area contributed by atoms with E-state index in [9.17, 15) is 0 Å². The molecule has 0 heterocycles. The largest absolute Gasteiger partial charge is 0.391 e. The Morgan fingerprint density at radius 1 is 1.75 bits per heavy atom. The molecule has 1 heteroatoms. The van der Waals surface area contributed by atoms with E-state index in [4.69, 9.17) is 0 Å². The Labute approximate surface area is 51.1 Å². The zero-order valence-corrected chi connectivity index (χ0v) is 5.57. The van der Waals surface area contributed by atoms with Crippen LogP contribution in [0.15, 0.2) is 24.4 Å². The average molecular weight is 111 g/mol. The summed E-state index contributed by atoms with van der Waals surface area (Å²) in [7, 11) is 0. The van der Waals surface area contributed by atoms with Crippen LogP contribution < -0.4 is 5.32 Å². The van der Waals surface area contributed by atoms with Crippen LogP contribution >= 0.6 is 0 Å². The van der Waals surface area contributed by atoms with E-state index in [1.165, 1.54) is 0 Å². The normalized spacial score (nSPS) is 9.75. The van der Waals surface area contributed by atoms with Gasteiger partial charge in [-0.05, 0) is 26.1 Å². The van der Waals surface area contributed by atoms with Crippen molar-refractivity contribution in [3.05, 3.63) is 24.4 Å². The SMILES string of the molecule is C=C(C)/C=C\NCC. The van der Waals surface area contributed by atoms with E-state index in [2.05, 4.69) is 18.8 Å². The van der Waals surface area contributed by atoms with Crippen LogP contribution in [0.5, 0.6) is 0 Å². The Bertz CT molecular complexity index is 92.6. The van der Waals surface area contributed by atoms with Crippen LogP contribution in [0.4, 0.5) is 0 Å². The van der Waals surface area contributed by atoms with Crippen LogP contribution in [0.1, 0.15) is 13.8 Å². The fourth-order valence-electron chi connectivity index (χ4n) is 0.319. The average Bonchev–Trinajstić information content (AvgIpc) is 1.66. The maximum atomic E-state index is 3.70. The first-order valence-electron chi connectivity index (χ1n) is 2.82. The van der Waals surface area contributed by atoms with Gasteiger partial charge in [-0.15, -0.1) is 0 Å². The molecule has 1 N–H and O–H groups in total. The third-order valence-corrected chi connectivity index (χ3v) is 0.690. The Morgan fingerprint density at radius 2 is 2.38 bits per heavy atom. The van der Waals surface area contributed by atoms with Gasteiger partial charge in [-0.2, -0.15) is 0 Å². The van der Waals surface area contributed by atoms with E-state index in [0.717, 1.165) is 12.1 Å². The Morgan fingerprint density at radius 3 is 2.75 bits per heavy atom. The summed E-state index contributed by atoms with van der Waals surface area (Å²) in [5.74, 6) is 0. The zero-order chi connectivity index (χ0) is 6.41. The molecule has 0 aromatic heterocycles. The Kier molecular flexibility index (Phi) is 4.04. The van der Waals surface area contributed by atoms with Crippen LogP contribution in [0.25, 0.3) is 0 Å². The highest BCUT2D eigenvalue weighted by Crippen LogP contribution is 1.84. The molecular formula is C7H13N. The molecule has 0 aliphatic rings. The van der Waals surface area contributed by atoms with E-state index >= 15 is 0 Å². The monoisotopic (exact) mass is 111 g/mol. The summed E-state index contributed by atoms with van der Waals surface area (Å²) in [4.78, 5) is 0. The molecule has 0 fully saturated rings. The molecule has 8 heavy (non-hydrogen) atoms. The second kappa shape index (κ2) is 4.44. The summed E-state index contributed by atoms with van der Waals surface area (Å²) in [6.07, 6.45) is 3.85. The lowest BCUT2D eigenvalue weighted by Gasteiger charge is -1.89. The molecule has 0 amide bonds. The first-order chi connectivity index (χ1) is 3.77. The van der Waals surface area contributed by atoms with Crippen molar-refractivity contribution in [3.8, 4) is 0 Å². The van der Waals surface area contributed by atoms with Gasteiger partial charge in [0, 0.05) is 6.54 Å². The van der Waals surface area contributed by atoms with Crippen molar-refractivity contribution in [1.29, 1.82) is 0 Å². The molecule has 0 saturated heterocycles. The minimum absolute atomic E-state index is 0.976. The summed E-state index contributed by atoms with van der Waals surface area (Å²) in [5.41, 5.74) is 1.07. The third-order valence-electron chi connectivity index (χ3n) is 0.690. The fraction of sp³-hybridized carbons (Fsp3) is 0.429. The summed E-state index contributed by atoms with van der Waals surface area (Å²) in [6.45, 7) is 8.70. The predicted molar refractivity (Wildman–Crippen MR) is 37.6 cm³/mol. The molecule has 0 saturated carbocycles. The quantitative estimate of drug-likeness (QED) is 0.546. The number of hydrogen-bond acceptors (Lipinski definition) is 1. The second-order valence-corrected chi connectivity index (χ2v) is 1.74. The van der Waals surface area contributed by atoms with Gasteiger partial charge in [-0.3, -0.25) is 0 Å². The van der Waals surface area contributed by atoms with Crippen molar-refractivity contribution in [3.63, 3.8) is 0 Å². The van der Waals surface area contributed by atoms with Crippen molar-refractivity contribution < 1.29 is 0 Å². The first-order valence-corrected chi connectivity index (χ1v) is 2.82. The lowest BCUT2D eigenvalue weighted by atomic mass is 10.3. The molecule has 0 rings (SSSR count). The van der Waals surface area contributed by atoms with Crippen LogP contribution in [-0.2, 0) is 0 Å². The number of allylic oxidation sites excluding steroid dienone is 2. The Hall–Kier alpha value is -0.720. The van der Waals surface area contributed by atoms with Gasteiger partial charge in [0.15, 0.2) is 0 Å². The van der Waals surface area contributed by atoms with E-state index in [-0.39, 0.29) is 0 Å². The first kappa shape index (κ1) is 7.28. The zero-order valence-electron chi connectivity index (χ0n) is 5.57. The Balaban J connectivity index is 3.20. The third kappa shape index (κ3) is 5.28. The maximum absolute atomic E-state index is 3.70. The van der Waals surface area contributed by atoms with Gasteiger partial charge in [-0.1, -0.05) is 12.2 Å². The predicted octanol–water partition coefficient (Wildman–Crippen LogP) is 1.69. The molecule has 0 aromatic rings. The van der Waals surface area contributed by atoms with Crippen molar-refractivity contribution >= 4 is 0 Å². The summed E-state index contributed by atoms with van der Waals surface area (Å²) < 4.78 is 0. The van der Waals surface area contributed by atoms with Crippen LogP contribution in [0.2, 0.25) is 0 Å². The molecule has 0 aromatic carbocycles. The summed E-state index contributed by atoms with van der Waals surface area (Å²) in [5, 5.41) is 3.04. The van der Waals surface area contributed by atoms with E-state index in [0.29, 0.717) is 0 Å². The summed E-state index contributed by atoms with van der Waals surface area (Å²) >= 11 is 0. The van der Waals surface area contributed by atoms with Crippen molar-refractivity contribution in [2.75, 3.05) is 6.54 Å². The maximum Gasteiger partial charge on any atom is 0.0113 e. The molecule has 0 aliphatic carbocycles. The van der Waals surface area contributed by atoms with Gasteiger partial charge in [0.05, 0.1) is 0 Å². The minimum atomic E-state index is 0.976. The van der Waals surface area contributed by atoms with E-state index in [1.807, 2.05) is 19.2 Å². The van der Waals surface area contributed by atoms with Crippen LogP contribution in [0.3, 0.4) is 0 Å². The van der Waals surface area contributed by atoms with E-state index in [1.54, 1.807) is 0 Å². The highest BCUT2D eigenvalue weighted by molar-refractivity contribution is 5.09. The smallest absolute Gasteiger partial charge is 0.0113 e. The molecule has 0 spiro atoms. The number of rotatable bonds is 3. The van der Waals surface area contributed by atoms with Gasteiger partial charge < -0.3 is 5.32 Å². The number of hydrogen-bond donors (Lipinski definition) is 1. The molecule has 0 bridgehead atoms. The van der Waals surface area contributed by atoms with Gasteiger partial charge in [0.25, 0.3) is 0 Å². The molecule has 0 unspecified atom stereocenters. The van der Waals surface area contributed by atoms with Crippen LogP contribution in [-0.4, -0.2) is 6.54 Å². The molecule has 1 nitrogen and oxygen atoms in total. The van der Waals surface area contributed by atoms with Gasteiger partial charge >= 0.3 is 0 Å². The molecule has 0 atom stereocenters. The highest BCUT2D eigenvalue weighted by atomic mass is 14.8. The molecule has 0 radical (unpaired) electrons. The van der Waals surface area contributed by atoms with Gasteiger partial charge in [0.2, 0.25) is 0 Å². The second-order valence-electron chi connectivity index (χ2n) is 1.74. The topological polar surface area (TPSA) is 12.0 Å². The van der Waals surface area contributed by atoms with Crippen molar-refractivity contribution in [2.24, 2.45) is 0 Å². The van der Waals surface area contributed by atoms with E-state index < -0.39 is 0 Å². The molecule has 46 valence electrons. The minimum Gasteiger partial charge on any atom is -0.391 e. The lowest BCUT2D eigenvalue weighted by molar-refractivity contribution is 0.918. The summed E-state index contributed by atoms with van der Waals surface area (Å²) in [6, 6.07) is 0. The molecule has 0 aliphatic heterocycles. The molecular weight excluding hydrogens is 98.1 g/mol. The lowest BCUT2D eigenvalue weighted by Crippen LogP contribution is -2.01. The van der Waals surface area contributed by atoms with Gasteiger partial charge in [-0.25, -0.2) is 0 Å². The van der Waals surface area contributed by atoms with Crippen molar-refractivity contribution in [1.82, 2.24) is 5.32 Å². The van der Waals surface area contributed by atoms with Crippen LogP contribution in [0, 0.1) is 0 Å². The highest BCUT2D eigenvalue weighted by Gasteiger charge is 1.69. The van der Waals surface area contributed by atoms with Gasteiger partial charge in [0.1, 0.15) is 0 Å². The standard InChI is InChI=1S/C7H13N/c1-4-8-6-5-7(2)3/h5-6,8H,2,4H2,1,3H3/b6-5-. The van der Waals surface area contributed by atoms with Crippen molar-refractivity contribution in [2.45, 2.75) is 13.8 Å². The number of nitrogens with one attached hydrogen (secondary N) is 1.